The fourth-order valence-corrected chi connectivity index (χ4v) is 3.59. The molecule has 0 aliphatic rings. The molecule has 0 bridgehead atoms. The highest BCUT2D eigenvalue weighted by molar-refractivity contribution is 9.10. The van der Waals surface area contributed by atoms with Crippen molar-refractivity contribution in [3.63, 3.8) is 0 Å². The smallest absolute Gasteiger partial charge is 0.248 e. The molecule has 0 saturated carbocycles. The van der Waals surface area contributed by atoms with Crippen molar-refractivity contribution < 1.29 is 14.3 Å². The normalized spacial score (nSPS) is 11.0. The van der Waals surface area contributed by atoms with E-state index in [4.69, 9.17) is 9.47 Å². The summed E-state index contributed by atoms with van der Waals surface area (Å²) in [6, 6.07) is 21.6. The molecule has 3 aromatic carbocycles. The number of carbonyl (C=O) groups is 1. The van der Waals surface area contributed by atoms with Gasteiger partial charge >= 0.3 is 0 Å². The molecule has 0 spiro atoms. The number of nitrogens with one attached hydrogen (secondary N) is 1. The SMILES string of the molecule is COc1cc(C=CC(=O)Nc2ccc(C(C)C)cc2)cc(Br)c1OCc1ccccc1. The van der Waals surface area contributed by atoms with Gasteiger partial charge in [0.25, 0.3) is 0 Å². The van der Waals surface area contributed by atoms with E-state index < -0.39 is 0 Å². The highest BCUT2D eigenvalue weighted by Gasteiger charge is 2.11. The summed E-state index contributed by atoms with van der Waals surface area (Å²) in [5.74, 6) is 1.47. The molecule has 0 radical (unpaired) electrons. The van der Waals surface area contributed by atoms with Crippen molar-refractivity contribution in [2.24, 2.45) is 0 Å². The number of amides is 1. The Hall–Kier alpha value is -3.05. The van der Waals surface area contributed by atoms with Gasteiger partial charge in [-0.05, 0) is 68.9 Å². The van der Waals surface area contributed by atoms with Crippen LogP contribution in [0.15, 0.2) is 77.3 Å². The molecule has 0 aromatic heterocycles. The van der Waals surface area contributed by atoms with E-state index >= 15 is 0 Å². The topological polar surface area (TPSA) is 47.6 Å². The number of hydrogen-bond donors (Lipinski definition) is 1. The summed E-state index contributed by atoms with van der Waals surface area (Å²) < 4.78 is 12.2. The van der Waals surface area contributed by atoms with Crippen molar-refractivity contribution >= 4 is 33.6 Å². The molecule has 1 N–H and O–H groups in total. The van der Waals surface area contributed by atoms with E-state index in [0.29, 0.717) is 24.0 Å². The molecule has 3 aromatic rings. The average molecular weight is 480 g/mol. The lowest BCUT2D eigenvalue weighted by Gasteiger charge is -2.13. The number of methoxy groups -OCH3 is 1. The molecule has 0 atom stereocenters. The molecule has 0 aliphatic carbocycles. The van der Waals surface area contributed by atoms with E-state index in [0.717, 1.165) is 21.3 Å². The average Bonchev–Trinajstić information content (AvgIpc) is 2.77. The maximum absolute atomic E-state index is 12.3. The molecule has 160 valence electrons. The van der Waals surface area contributed by atoms with Crippen LogP contribution in [0.1, 0.15) is 36.5 Å². The van der Waals surface area contributed by atoms with Crippen LogP contribution in [0.3, 0.4) is 0 Å². The maximum atomic E-state index is 12.3. The standard InChI is InChI=1S/C26H26BrNO3/c1-18(2)21-10-12-22(13-11-21)28-25(29)14-9-20-15-23(27)26(24(16-20)30-3)31-17-19-7-5-4-6-8-19/h4-16,18H,17H2,1-3H3,(H,28,29). The first-order valence-electron chi connectivity index (χ1n) is 10.1. The zero-order valence-electron chi connectivity index (χ0n) is 17.9. The minimum atomic E-state index is -0.197. The Bertz CT molecular complexity index is 1040. The van der Waals surface area contributed by atoms with Gasteiger partial charge in [-0.2, -0.15) is 0 Å². The molecule has 0 aliphatic heterocycles. The largest absolute Gasteiger partial charge is 0.493 e. The third kappa shape index (κ3) is 6.46. The van der Waals surface area contributed by atoms with Gasteiger partial charge in [0.15, 0.2) is 11.5 Å². The predicted octanol–water partition coefficient (Wildman–Crippen LogP) is 6.81. The molecule has 1 amide bonds. The molecule has 5 heteroatoms. The minimum absolute atomic E-state index is 0.197. The van der Waals surface area contributed by atoms with Crippen LogP contribution >= 0.6 is 15.9 Å². The fourth-order valence-electron chi connectivity index (χ4n) is 3.01. The highest BCUT2D eigenvalue weighted by atomic mass is 79.9. The summed E-state index contributed by atoms with van der Waals surface area (Å²) in [5, 5.41) is 2.88. The minimum Gasteiger partial charge on any atom is -0.493 e. The van der Waals surface area contributed by atoms with E-state index in [1.54, 1.807) is 13.2 Å². The number of ether oxygens (including phenoxy) is 2. The molecule has 4 nitrogen and oxygen atoms in total. The lowest BCUT2D eigenvalue weighted by Crippen LogP contribution is -2.07. The van der Waals surface area contributed by atoms with Crippen LogP contribution in [-0.2, 0) is 11.4 Å². The quantitative estimate of drug-likeness (QED) is 0.360. The van der Waals surface area contributed by atoms with Crippen molar-refractivity contribution in [2.45, 2.75) is 26.4 Å². The Kier molecular flexibility index (Phi) is 7.90. The lowest BCUT2D eigenvalue weighted by atomic mass is 10.0. The van der Waals surface area contributed by atoms with Crippen LogP contribution in [0.2, 0.25) is 0 Å². The maximum Gasteiger partial charge on any atom is 0.248 e. The van der Waals surface area contributed by atoms with Gasteiger partial charge in [-0.25, -0.2) is 0 Å². The second-order valence-electron chi connectivity index (χ2n) is 7.41. The Morgan fingerprint density at radius 3 is 2.42 bits per heavy atom. The predicted molar refractivity (Wildman–Crippen MR) is 130 cm³/mol. The molecule has 0 unspecified atom stereocenters. The van der Waals surface area contributed by atoms with Crippen molar-refractivity contribution in [1.82, 2.24) is 0 Å². The van der Waals surface area contributed by atoms with Crippen LogP contribution in [-0.4, -0.2) is 13.0 Å². The molecule has 0 heterocycles. The van der Waals surface area contributed by atoms with Gasteiger partial charge in [0.1, 0.15) is 6.61 Å². The summed E-state index contributed by atoms with van der Waals surface area (Å²) in [4.78, 5) is 12.3. The first-order valence-corrected chi connectivity index (χ1v) is 10.9. The summed E-state index contributed by atoms with van der Waals surface area (Å²) in [6.45, 7) is 4.71. The number of benzene rings is 3. The number of hydrogen-bond acceptors (Lipinski definition) is 3. The van der Waals surface area contributed by atoms with Gasteiger partial charge in [-0.1, -0.05) is 56.3 Å². The van der Waals surface area contributed by atoms with Gasteiger partial charge in [0, 0.05) is 11.8 Å². The van der Waals surface area contributed by atoms with Crippen LogP contribution in [0, 0.1) is 0 Å². The Morgan fingerprint density at radius 1 is 1.06 bits per heavy atom. The zero-order valence-corrected chi connectivity index (χ0v) is 19.5. The second kappa shape index (κ2) is 10.8. The third-order valence-electron chi connectivity index (χ3n) is 4.75. The van der Waals surface area contributed by atoms with Gasteiger partial charge in [0.2, 0.25) is 5.91 Å². The molecule has 0 saturated heterocycles. The summed E-state index contributed by atoms with van der Waals surface area (Å²) >= 11 is 3.55. The second-order valence-corrected chi connectivity index (χ2v) is 8.26. The van der Waals surface area contributed by atoms with Gasteiger partial charge in [-0.15, -0.1) is 0 Å². The van der Waals surface area contributed by atoms with Crippen LogP contribution in [0.25, 0.3) is 6.08 Å². The Labute approximate surface area is 192 Å². The molecule has 31 heavy (non-hydrogen) atoms. The van der Waals surface area contributed by atoms with E-state index in [2.05, 4.69) is 35.1 Å². The molecule has 0 fully saturated rings. The fraction of sp³-hybridized carbons (Fsp3) is 0.192. The van der Waals surface area contributed by atoms with E-state index in [1.165, 1.54) is 11.6 Å². The monoisotopic (exact) mass is 479 g/mol. The molecular weight excluding hydrogens is 454 g/mol. The van der Waals surface area contributed by atoms with E-state index in [9.17, 15) is 4.79 Å². The first-order chi connectivity index (χ1) is 15.0. The van der Waals surface area contributed by atoms with Crippen molar-refractivity contribution in [3.8, 4) is 11.5 Å². The summed E-state index contributed by atoms with van der Waals surface area (Å²) in [6.07, 6.45) is 3.24. The number of anilines is 1. The Morgan fingerprint density at radius 2 is 1.77 bits per heavy atom. The number of carbonyl (C=O) groups excluding carboxylic acids is 1. The van der Waals surface area contributed by atoms with Gasteiger partial charge in [-0.3, -0.25) is 4.79 Å². The van der Waals surface area contributed by atoms with E-state index in [-0.39, 0.29) is 5.91 Å². The highest BCUT2D eigenvalue weighted by Crippen LogP contribution is 2.37. The lowest BCUT2D eigenvalue weighted by molar-refractivity contribution is -0.111. The number of rotatable bonds is 8. The Balaban J connectivity index is 1.67. The van der Waals surface area contributed by atoms with Crippen LogP contribution in [0.5, 0.6) is 11.5 Å². The van der Waals surface area contributed by atoms with Gasteiger partial charge in [0.05, 0.1) is 11.6 Å². The first kappa shape index (κ1) is 22.6. The van der Waals surface area contributed by atoms with Crippen molar-refractivity contribution in [2.75, 3.05) is 12.4 Å². The van der Waals surface area contributed by atoms with E-state index in [1.807, 2.05) is 66.7 Å². The summed E-state index contributed by atoms with van der Waals surface area (Å²) in [5.41, 5.74) is 3.89. The van der Waals surface area contributed by atoms with Crippen LogP contribution < -0.4 is 14.8 Å². The van der Waals surface area contributed by atoms with Crippen molar-refractivity contribution in [3.05, 3.63) is 94.0 Å². The third-order valence-corrected chi connectivity index (χ3v) is 5.34. The van der Waals surface area contributed by atoms with Crippen LogP contribution in [0.4, 0.5) is 5.69 Å². The molecular formula is C26H26BrNO3. The zero-order chi connectivity index (χ0) is 22.2. The number of halogens is 1. The van der Waals surface area contributed by atoms with Gasteiger partial charge < -0.3 is 14.8 Å². The summed E-state index contributed by atoms with van der Waals surface area (Å²) in [7, 11) is 1.60. The van der Waals surface area contributed by atoms with Crippen molar-refractivity contribution in [1.29, 1.82) is 0 Å². The molecule has 3 rings (SSSR count).